The normalized spacial score (nSPS) is 18.1. The van der Waals surface area contributed by atoms with E-state index in [1.165, 1.54) is 39.0 Å². The van der Waals surface area contributed by atoms with Gasteiger partial charge in [-0.2, -0.15) is 0 Å². The second-order valence-electron chi connectivity index (χ2n) is 3.31. The monoisotopic (exact) mass is 174 g/mol. The maximum atomic E-state index is 10.5. The predicted molar refractivity (Wildman–Crippen MR) is 46.8 cm³/mol. The zero-order valence-corrected chi connectivity index (χ0v) is 7.64. The van der Waals surface area contributed by atoms with Gasteiger partial charge in [0.15, 0.2) is 0 Å². The summed E-state index contributed by atoms with van der Waals surface area (Å²) in [6, 6.07) is 0. The molecule has 1 saturated carbocycles. The lowest BCUT2D eigenvalue weighted by Gasteiger charge is -2.20. The fraction of sp³-hybridized carbons (Fsp3) is 0.889. The van der Waals surface area contributed by atoms with Gasteiger partial charge in [-0.3, -0.25) is 4.79 Å². The van der Waals surface area contributed by atoms with E-state index in [0.717, 1.165) is 0 Å². The number of hydrogen-bond acceptors (Lipinski definition) is 2. The predicted octanol–water partition coefficient (Wildman–Crippen LogP) is 1.31. The first-order valence-corrected chi connectivity index (χ1v) is 4.42. The molecule has 1 rings (SSSR count). The fourth-order valence-corrected chi connectivity index (χ4v) is 1.59. The smallest absolute Gasteiger partial charge is 0.302 e. The number of rotatable bonds is 2. The van der Waals surface area contributed by atoms with Crippen LogP contribution in [0.4, 0.5) is 0 Å². The minimum Gasteiger partial charge on any atom is -0.466 e. The number of esters is 1. The molecular formula is C9H18O3. The molecule has 0 unspecified atom stereocenters. The van der Waals surface area contributed by atoms with E-state index in [-0.39, 0.29) is 11.4 Å². The number of carbonyl (C=O) groups is 1. The molecule has 72 valence electrons. The summed E-state index contributed by atoms with van der Waals surface area (Å²) in [4.78, 5) is 10.5. The van der Waals surface area contributed by atoms with Gasteiger partial charge < -0.3 is 10.2 Å². The molecule has 0 aromatic heterocycles. The summed E-state index contributed by atoms with van der Waals surface area (Å²) in [5, 5.41) is 0. The van der Waals surface area contributed by atoms with E-state index in [4.69, 9.17) is 4.74 Å². The molecule has 12 heavy (non-hydrogen) atoms. The van der Waals surface area contributed by atoms with Crippen LogP contribution in [0.3, 0.4) is 0 Å². The molecule has 0 amide bonds. The fourth-order valence-electron chi connectivity index (χ4n) is 1.59. The first-order valence-electron chi connectivity index (χ1n) is 4.42. The van der Waals surface area contributed by atoms with Gasteiger partial charge in [-0.05, 0) is 18.8 Å². The second kappa shape index (κ2) is 6.00. The quantitative estimate of drug-likeness (QED) is 0.592. The molecule has 0 heterocycles. The number of hydrogen-bond donors (Lipinski definition) is 0. The maximum absolute atomic E-state index is 10.5. The van der Waals surface area contributed by atoms with E-state index in [0.29, 0.717) is 12.5 Å². The van der Waals surface area contributed by atoms with Crippen molar-refractivity contribution in [2.75, 3.05) is 6.61 Å². The molecule has 0 radical (unpaired) electrons. The molecule has 0 aromatic carbocycles. The summed E-state index contributed by atoms with van der Waals surface area (Å²) in [6.07, 6.45) is 6.47. The van der Waals surface area contributed by atoms with Crippen LogP contribution in [-0.4, -0.2) is 18.1 Å². The van der Waals surface area contributed by atoms with Crippen molar-refractivity contribution in [3.8, 4) is 0 Å². The Balaban J connectivity index is 0.00000121. The summed E-state index contributed by atoms with van der Waals surface area (Å²) < 4.78 is 4.94. The molecule has 0 saturated heterocycles. The van der Waals surface area contributed by atoms with Crippen LogP contribution in [0.2, 0.25) is 0 Å². The van der Waals surface area contributed by atoms with Gasteiger partial charge in [0.25, 0.3) is 0 Å². The van der Waals surface area contributed by atoms with Crippen LogP contribution in [0.15, 0.2) is 0 Å². The van der Waals surface area contributed by atoms with Crippen molar-refractivity contribution in [1.29, 1.82) is 0 Å². The summed E-state index contributed by atoms with van der Waals surface area (Å²) in [5.74, 6) is 0.503. The van der Waals surface area contributed by atoms with Crippen molar-refractivity contribution in [3.63, 3.8) is 0 Å². The number of carbonyl (C=O) groups excluding carboxylic acids is 1. The summed E-state index contributed by atoms with van der Waals surface area (Å²) in [5.41, 5.74) is 0. The Morgan fingerprint density at radius 3 is 2.42 bits per heavy atom. The van der Waals surface area contributed by atoms with E-state index in [1.807, 2.05) is 0 Å². The molecule has 0 spiro atoms. The molecule has 0 aliphatic heterocycles. The highest BCUT2D eigenvalue weighted by Crippen LogP contribution is 2.23. The highest BCUT2D eigenvalue weighted by molar-refractivity contribution is 5.65. The lowest BCUT2D eigenvalue weighted by atomic mass is 9.90. The summed E-state index contributed by atoms with van der Waals surface area (Å²) in [6.45, 7) is 2.12. The molecule has 0 aromatic rings. The third kappa shape index (κ3) is 4.34. The van der Waals surface area contributed by atoms with Crippen LogP contribution in [-0.2, 0) is 9.53 Å². The summed E-state index contributed by atoms with van der Waals surface area (Å²) in [7, 11) is 0. The first kappa shape index (κ1) is 11.4. The van der Waals surface area contributed by atoms with Crippen molar-refractivity contribution < 1.29 is 15.0 Å². The Hall–Kier alpha value is -0.570. The topological polar surface area (TPSA) is 57.8 Å². The molecule has 1 fully saturated rings. The molecule has 0 atom stereocenters. The largest absolute Gasteiger partial charge is 0.466 e. The van der Waals surface area contributed by atoms with Gasteiger partial charge in [-0.15, -0.1) is 0 Å². The minimum atomic E-state index is -0.143. The van der Waals surface area contributed by atoms with E-state index in [1.54, 1.807) is 0 Å². The van der Waals surface area contributed by atoms with Crippen LogP contribution in [0.1, 0.15) is 39.0 Å². The van der Waals surface area contributed by atoms with Crippen LogP contribution >= 0.6 is 0 Å². The lowest BCUT2D eigenvalue weighted by Crippen LogP contribution is -2.15. The van der Waals surface area contributed by atoms with E-state index < -0.39 is 0 Å². The van der Waals surface area contributed by atoms with Crippen molar-refractivity contribution in [3.05, 3.63) is 0 Å². The average Bonchev–Trinajstić information content (AvgIpc) is 2.03. The Bertz CT molecular complexity index is 128. The Morgan fingerprint density at radius 2 is 1.92 bits per heavy atom. The zero-order chi connectivity index (χ0) is 8.10. The van der Waals surface area contributed by atoms with Gasteiger partial charge in [0.1, 0.15) is 0 Å². The highest BCUT2D eigenvalue weighted by atomic mass is 16.5. The molecule has 1 aliphatic carbocycles. The molecule has 0 bridgehead atoms. The van der Waals surface area contributed by atoms with Crippen molar-refractivity contribution in [2.45, 2.75) is 39.0 Å². The van der Waals surface area contributed by atoms with E-state index >= 15 is 0 Å². The van der Waals surface area contributed by atoms with E-state index in [9.17, 15) is 4.79 Å². The van der Waals surface area contributed by atoms with Crippen molar-refractivity contribution >= 4 is 5.97 Å². The first-order chi connectivity index (χ1) is 5.29. The molecule has 2 N–H and O–H groups in total. The second-order valence-corrected chi connectivity index (χ2v) is 3.31. The minimum absolute atomic E-state index is 0. The van der Waals surface area contributed by atoms with Gasteiger partial charge in [0, 0.05) is 6.92 Å². The van der Waals surface area contributed by atoms with Crippen LogP contribution < -0.4 is 0 Å². The van der Waals surface area contributed by atoms with E-state index in [2.05, 4.69) is 0 Å². The molecule has 1 aliphatic rings. The third-order valence-corrected chi connectivity index (χ3v) is 2.25. The van der Waals surface area contributed by atoms with Gasteiger partial charge in [-0.25, -0.2) is 0 Å². The molecule has 3 nitrogen and oxygen atoms in total. The highest BCUT2D eigenvalue weighted by Gasteiger charge is 2.13. The Labute approximate surface area is 73.4 Å². The molecule has 3 heteroatoms. The lowest BCUT2D eigenvalue weighted by molar-refractivity contribution is -0.142. The van der Waals surface area contributed by atoms with Crippen molar-refractivity contribution in [1.82, 2.24) is 0 Å². The zero-order valence-electron chi connectivity index (χ0n) is 7.64. The maximum Gasteiger partial charge on any atom is 0.302 e. The van der Waals surface area contributed by atoms with Crippen molar-refractivity contribution in [2.24, 2.45) is 5.92 Å². The van der Waals surface area contributed by atoms with Gasteiger partial charge >= 0.3 is 5.97 Å². The van der Waals surface area contributed by atoms with Crippen LogP contribution in [0.25, 0.3) is 0 Å². The van der Waals surface area contributed by atoms with Crippen LogP contribution in [0.5, 0.6) is 0 Å². The third-order valence-electron chi connectivity index (χ3n) is 2.25. The molecular weight excluding hydrogens is 156 g/mol. The van der Waals surface area contributed by atoms with Gasteiger partial charge in [0.2, 0.25) is 0 Å². The van der Waals surface area contributed by atoms with Crippen LogP contribution in [0, 0.1) is 5.92 Å². The Kier molecular flexibility index (Phi) is 5.72. The average molecular weight is 174 g/mol. The SMILES string of the molecule is CC(=O)OCC1CCCCC1.O. The number of ether oxygens (including phenoxy) is 1. The summed E-state index contributed by atoms with van der Waals surface area (Å²) >= 11 is 0. The van der Waals surface area contributed by atoms with Gasteiger partial charge in [0.05, 0.1) is 6.61 Å². The Morgan fingerprint density at radius 1 is 1.33 bits per heavy atom. The van der Waals surface area contributed by atoms with Gasteiger partial charge in [-0.1, -0.05) is 19.3 Å². The standard InChI is InChI=1S/C9H16O2.H2O/c1-8(10)11-7-9-5-3-2-4-6-9;/h9H,2-7H2,1H3;1H2.